The third-order valence-corrected chi connectivity index (χ3v) is 14.0. The predicted octanol–water partition coefficient (Wildman–Crippen LogP) is 0.325. The Labute approximate surface area is 421 Å². The van der Waals surface area contributed by atoms with Gasteiger partial charge in [-0.3, -0.25) is 38.9 Å². The molecule has 1 saturated carbocycles. The molecule has 6 rings (SSSR count). The summed E-state index contributed by atoms with van der Waals surface area (Å²) >= 11 is 6.87. The van der Waals surface area contributed by atoms with Crippen molar-refractivity contribution < 1.29 is 48.9 Å². The number of carboxylic acid groups (broad SMARTS) is 1. The molecule has 3 heterocycles. The molecule has 14 N–H and O–H groups in total. The minimum absolute atomic E-state index is 0.00905. The maximum atomic E-state index is 14.8. The number of carbonyl (C=O) groups excluding carboxylic acids is 6. The van der Waals surface area contributed by atoms with E-state index in [0.717, 1.165) is 15.8 Å². The lowest BCUT2D eigenvalue weighted by Gasteiger charge is -2.33. The first-order valence-corrected chi connectivity index (χ1v) is 25.2. The van der Waals surface area contributed by atoms with Gasteiger partial charge in [0.05, 0.1) is 30.8 Å². The van der Waals surface area contributed by atoms with Gasteiger partial charge in [-0.1, -0.05) is 57.0 Å². The monoisotopic (exact) mass is 1100 g/mol. The Balaban J connectivity index is 1.36. The molecule has 0 bridgehead atoms. The number of aromatic amines is 1. The summed E-state index contributed by atoms with van der Waals surface area (Å²) in [5.74, 6) is -6.04. The number of nitrogens with two attached hydrogens (primary N) is 2. The molecule has 2 aliphatic heterocycles. The zero-order valence-corrected chi connectivity index (χ0v) is 42.0. The molecule has 380 valence electrons. The number of para-hydroxylation sites is 1. The van der Waals surface area contributed by atoms with Crippen LogP contribution in [0.4, 0.5) is 0 Å². The highest BCUT2D eigenvalue weighted by Crippen LogP contribution is 2.29. The van der Waals surface area contributed by atoms with Crippen molar-refractivity contribution in [3.05, 3.63) is 68.7 Å². The van der Waals surface area contributed by atoms with Gasteiger partial charge in [0.15, 0.2) is 5.96 Å². The van der Waals surface area contributed by atoms with E-state index in [9.17, 15) is 48.9 Å². The molecular weight excluding hydrogens is 1040 g/mol. The van der Waals surface area contributed by atoms with Crippen LogP contribution in [-0.2, 0) is 46.4 Å². The summed E-state index contributed by atoms with van der Waals surface area (Å²) < 4.78 is 1.39. The van der Waals surface area contributed by atoms with Crippen LogP contribution in [0.2, 0.25) is 0 Å². The summed E-state index contributed by atoms with van der Waals surface area (Å²) in [6.45, 7) is 0.759. The van der Waals surface area contributed by atoms with Gasteiger partial charge in [0, 0.05) is 52.0 Å². The van der Waals surface area contributed by atoms with Crippen LogP contribution in [-0.4, -0.2) is 147 Å². The first kappa shape index (κ1) is 53.7. The van der Waals surface area contributed by atoms with Gasteiger partial charge in [-0.15, -0.1) is 0 Å². The maximum Gasteiger partial charge on any atom is 0.317 e. The molecule has 70 heavy (non-hydrogen) atoms. The van der Waals surface area contributed by atoms with Crippen LogP contribution >= 0.6 is 31.9 Å². The Hall–Kier alpha value is -5.62. The van der Waals surface area contributed by atoms with Gasteiger partial charge >= 0.3 is 5.97 Å². The Morgan fingerprint density at radius 1 is 0.886 bits per heavy atom. The lowest BCUT2D eigenvalue weighted by Crippen LogP contribution is -2.61. The van der Waals surface area contributed by atoms with Gasteiger partial charge in [0.2, 0.25) is 35.4 Å². The average Bonchev–Trinajstić information content (AvgIpc) is 3.91. The van der Waals surface area contributed by atoms with Gasteiger partial charge in [0.25, 0.3) is 0 Å². The number of carboxylic acids is 1. The molecule has 21 nitrogen and oxygen atoms in total. The maximum absolute atomic E-state index is 14.8. The molecule has 3 aromatic rings. The second-order valence-corrected chi connectivity index (χ2v) is 20.1. The molecule has 1 aromatic heterocycles. The zero-order chi connectivity index (χ0) is 50.6. The van der Waals surface area contributed by atoms with E-state index in [-0.39, 0.29) is 69.9 Å². The fourth-order valence-corrected chi connectivity index (χ4v) is 10.9. The number of aliphatic hydroxyl groups is 2. The van der Waals surface area contributed by atoms with Crippen molar-refractivity contribution >= 4 is 90.1 Å². The molecule has 0 spiro atoms. The van der Waals surface area contributed by atoms with Crippen molar-refractivity contribution in [3.8, 4) is 0 Å². The SMILES string of the molecule is CCC(N=C(N)N)[C@@H]1NC(=O)[C@H](Cc2c[nH]c3ccccc23)NC(=O)[C@@H](CC2CCC(O)CC2)NC(=O)[C@@H]2C[C@@H](O)CN2C(=O)[C@@H](NC(=O)[C@H](Cc2cc(Br)cc(Br)c2)NCC(=O)O)CCCNC1=O. The number of aliphatic hydroxyl groups excluding tert-OH is 2. The molecule has 23 heteroatoms. The number of benzene rings is 2. The molecule has 1 unspecified atom stereocenters. The number of fused-ring (bicyclic) bond motifs is 2. The Morgan fingerprint density at radius 3 is 2.26 bits per heavy atom. The van der Waals surface area contributed by atoms with E-state index in [1.54, 1.807) is 31.3 Å². The summed E-state index contributed by atoms with van der Waals surface area (Å²) in [5.41, 5.74) is 13.7. The number of aliphatic carboxylic acids is 1. The number of hydrogen-bond donors (Lipinski definition) is 12. The van der Waals surface area contributed by atoms with Crippen LogP contribution in [0.5, 0.6) is 0 Å². The number of hydrogen-bond acceptors (Lipinski definition) is 11. The van der Waals surface area contributed by atoms with Crippen molar-refractivity contribution in [2.45, 2.75) is 132 Å². The normalized spacial score (nSPS) is 26.1. The quantitative estimate of drug-likeness (QED) is 0.0766. The number of rotatable bonds is 14. The number of aliphatic imine (C=N–C) groups is 1. The lowest BCUT2D eigenvalue weighted by atomic mass is 9.83. The molecule has 1 aliphatic carbocycles. The van der Waals surface area contributed by atoms with E-state index in [0.29, 0.717) is 45.8 Å². The molecule has 2 saturated heterocycles. The van der Waals surface area contributed by atoms with Gasteiger partial charge < -0.3 is 63.3 Å². The first-order chi connectivity index (χ1) is 33.4. The number of nitrogens with zero attached hydrogens (tertiary/aromatic N) is 2. The van der Waals surface area contributed by atoms with Crippen molar-refractivity contribution in [2.24, 2.45) is 22.4 Å². The van der Waals surface area contributed by atoms with E-state index in [1.165, 1.54) is 0 Å². The van der Waals surface area contributed by atoms with Crippen molar-refractivity contribution in [2.75, 3.05) is 19.6 Å². The van der Waals surface area contributed by atoms with E-state index >= 15 is 0 Å². The summed E-state index contributed by atoms with van der Waals surface area (Å²) in [6.07, 6.45) is 2.16. The standard InChI is InChI=1S/C47H63Br2N11O10/c1-2-32(58-47(50)51)40-45(69)52-13-5-8-34(55-41(65)35(54-22-39(63)64)17-25-14-27(48)19-28(49)15-25)46(70)60-23-30(62)20-38(60)44(68)57-36(16-24-9-11-29(61)12-10-24)42(66)56-37(43(67)59-40)18-26-21-53-33-7-4-3-6-31(26)33/h3-4,6-7,14-15,19,21,24,29-30,32,34-38,40,53-54,61-62H,2,5,8-13,16-18,20,22-23H2,1H3,(H,52,69)(H,55,65)(H,56,66)(H,57,68)(H,59,67)(H,63,64)(H4,50,51,58)/t24?,29?,30-,32?,34+,35+,36-,37+,38+,40+/m1/s1. The smallest absolute Gasteiger partial charge is 0.317 e. The number of carbonyl (C=O) groups is 7. The molecule has 3 fully saturated rings. The summed E-state index contributed by atoms with van der Waals surface area (Å²) in [7, 11) is 0. The van der Waals surface area contributed by atoms with Gasteiger partial charge in [-0.05, 0) is 99.1 Å². The van der Waals surface area contributed by atoms with Crippen LogP contribution < -0.4 is 43.4 Å². The Morgan fingerprint density at radius 2 is 1.57 bits per heavy atom. The number of amides is 6. The van der Waals surface area contributed by atoms with E-state index in [4.69, 9.17) is 11.5 Å². The third-order valence-electron chi connectivity index (χ3n) is 13.1. The number of halogens is 2. The van der Waals surface area contributed by atoms with Crippen LogP contribution in [0.3, 0.4) is 0 Å². The second-order valence-electron chi connectivity index (χ2n) is 18.3. The van der Waals surface area contributed by atoms with Crippen LogP contribution in [0.25, 0.3) is 10.9 Å². The van der Waals surface area contributed by atoms with Gasteiger partial charge in [-0.2, -0.15) is 0 Å². The van der Waals surface area contributed by atoms with Crippen LogP contribution in [0.1, 0.15) is 75.8 Å². The molecule has 6 amide bonds. The first-order valence-electron chi connectivity index (χ1n) is 23.6. The van der Waals surface area contributed by atoms with Crippen molar-refractivity contribution in [1.82, 2.24) is 41.8 Å². The predicted molar refractivity (Wildman–Crippen MR) is 266 cm³/mol. The molecular formula is C47H63Br2N11O10. The third kappa shape index (κ3) is 14.7. The largest absolute Gasteiger partial charge is 0.480 e. The van der Waals surface area contributed by atoms with Crippen LogP contribution in [0.15, 0.2) is 62.6 Å². The van der Waals surface area contributed by atoms with Gasteiger partial charge in [0.1, 0.15) is 30.2 Å². The van der Waals surface area contributed by atoms with E-state index in [2.05, 4.69) is 73.7 Å². The average molecular weight is 1100 g/mol. The molecule has 2 aromatic carbocycles. The highest BCUT2D eigenvalue weighted by Gasteiger charge is 2.44. The summed E-state index contributed by atoms with van der Waals surface area (Å²) in [6, 6.07) is 4.00. The Bertz CT molecular complexity index is 2390. The summed E-state index contributed by atoms with van der Waals surface area (Å²) in [5, 5.41) is 48.5. The Kier molecular flexibility index (Phi) is 19.2. The highest BCUT2D eigenvalue weighted by atomic mass is 79.9. The second kappa shape index (κ2) is 25.0. The topological polar surface area (TPSA) is 336 Å². The van der Waals surface area contributed by atoms with Crippen molar-refractivity contribution in [3.63, 3.8) is 0 Å². The number of guanidine groups is 1. The lowest BCUT2D eigenvalue weighted by molar-refractivity contribution is -0.143. The van der Waals surface area contributed by atoms with Crippen molar-refractivity contribution in [1.29, 1.82) is 0 Å². The number of H-pyrrole nitrogens is 1. The zero-order valence-electron chi connectivity index (χ0n) is 38.8. The minimum atomic E-state index is -1.37. The van der Waals surface area contributed by atoms with Gasteiger partial charge in [-0.25, -0.2) is 4.99 Å². The number of nitrogens with one attached hydrogen (secondary N) is 7. The fourth-order valence-electron chi connectivity index (χ4n) is 9.49. The molecule has 8 atom stereocenters. The molecule has 0 radical (unpaired) electrons. The highest BCUT2D eigenvalue weighted by molar-refractivity contribution is 9.11. The molecule has 3 aliphatic rings. The number of aromatic nitrogens is 1. The minimum Gasteiger partial charge on any atom is -0.480 e. The van der Waals surface area contributed by atoms with E-state index in [1.807, 2.05) is 24.3 Å². The fraction of sp³-hybridized carbons (Fsp3) is 0.532. The van der Waals surface area contributed by atoms with E-state index < -0.39 is 102 Å². The summed E-state index contributed by atoms with van der Waals surface area (Å²) in [4.78, 5) is 107. The van der Waals surface area contributed by atoms with Crippen LogP contribution in [0, 0.1) is 5.92 Å².